The van der Waals surface area contributed by atoms with E-state index >= 15 is 0 Å². The van der Waals surface area contributed by atoms with Crippen molar-refractivity contribution in [3.05, 3.63) is 121 Å². The number of rotatable bonds is 4. The predicted octanol–water partition coefficient (Wildman–Crippen LogP) is 10.5. The predicted molar refractivity (Wildman–Crippen MR) is 181 cm³/mol. The lowest BCUT2D eigenvalue weighted by molar-refractivity contribution is 0.624. The minimum absolute atomic E-state index is 0.201. The summed E-state index contributed by atoms with van der Waals surface area (Å²) < 4.78 is 8.80. The summed E-state index contributed by atoms with van der Waals surface area (Å²) in [5.41, 5.74) is 11.2. The van der Waals surface area contributed by atoms with E-state index in [0.717, 1.165) is 77.8 Å². The second-order valence-electron chi connectivity index (χ2n) is 11.7. The molecule has 0 radical (unpaired) electrons. The van der Waals surface area contributed by atoms with Crippen LogP contribution in [0.5, 0.6) is 0 Å². The molecule has 9 rings (SSSR count). The van der Waals surface area contributed by atoms with E-state index < -0.39 is 0 Å². The number of fused-ring (bicyclic) bond motifs is 7. The topological polar surface area (TPSA) is 59.6 Å². The molecule has 0 aliphatic heterocycles. The fourth-order valence-electron chi connectivity index (χ4n) is 6.86. The highest BCUT2D eigenvalue weighted by Crippen LogP contribution is 2.42. The lowest BCUT2D eigenvalue weighted by atomic mass is 9.96. The molecule has 4 heterocycles. The molecular weight excluding hydrogens is 540 g/mol. The zero-order valence-electron chi connectivity index (χ0n) is 24.4. The lowest BCUT2D eigenvalue weighted by Gasteiger charge is -2.14. The Morgan fingerprint density at radius 3 is 2.32 bits per heavy atom. The van der Waals surface area contributed by atoms with Crippen LogP contribution in [0.4, 0.5) is 0 Å². The number of benzene rings is 5. The van der Waals surface area contributed by atoms with E-state index in [1.54, 1.807) is 0 Å². The summed E-state index contributed by atoms with van der Waals surface area (Å²) >= 11 is 0. The number of nitrogens with one attached hydrogen (secondary N) is 1. The molecule has 0 unspecified atom stereocenters. The van der Waals surface area contributed by atoms with Crippen molar-refractivity contribution in [2.75, 3.05) is 0 Å². The van der Waals surface area contributed by atoms with Gasteiger partial charge in [-0.1, -0.05) is 66.7 Å². The van der Waals surface area contributed by atoms with Crippen LogP contribution in [-0.2, 0) is 0 Å². The molecule has 5 aromatic carbocycles. The minimum Gasteiger partial charge on any atom is -0.456 e. The maximum absolute atomic E-state index is 6.44. The molecule has 0 bridgehead atoms. The number of pyridine rings is 1. The number of para-hydroxylation sites is 4. The molecule has 5 heteroatoms. The summed E-state index contributed by atoms with van der Waals surface area (Å²) in [5, 5.41) is 4.59. The van der Waals surface area contributed by atoms with Gasteiger partial charge in [-0.05, 0) is 67.9 Å². The summed E-state index contributed by atoms with van der Waals surface area (Å²) in [7, 11) is 0. The van der Waals surface area contributed by atoms with Gasteiger partial charge in [0.1, 0.15) is 17.0 Å². The fraction of sp³-hybridized carbons (Fsp3) is 0.0769. The largest absolute Gasteiger partial charge is 0.456 e. The first-order chi connectivity index (χ1) is 21.7. The molecule has 0 spiro atoms. The van der Waals surface area contributed by atoms with Gasteiger partial charge in [0.05, 0.1) is 22.2 Å². The fourth-order valence-corrected chi connectivity index (χ4v) is 6.86. The molecule has 0 saturated heterocycles. The molecule has 0 fully saturated rings. The monoisotopic (exact) mass is 568 g/mol. The summed E-state index contributed by atoms with van der Waals surface area (Å²) in [5.74, 6) is 0.953. The van der Waals surface area contributed by atoms with Gasteiger partial charge in [0, 0.05) is 56.0 Å². The molecule has 44 heavy (non-hydrogen) atoms. The van der Waals surface area contributed by atoms with Crippen molar-refractivity contribution in [2.24, 2.45) is 0 Å². The van der Waals surface area contributed by atoms with Crippen molar-refractivity contribution in [1.29, 1.82) is 0 Å². The number of hydrogen-bond acceptors (Lipinski definition) is 3. The molecule has 0 atom stereocenters. The first-order valence-corrected chi connectivity index (χ1v) is 15.0. The van der Waals surface area contributed by atoms with Crippen LogP contribution in [0.15, 0.2) is 126 Å². The van der Waals surface area contributed by atoms with Crippen molar-refractivity contribution in [1.82, 2.24) is 19.5 Å². The maximum Gasteiger partial charge on any atom is 0.143 e. The van der Waals surface area contributed by atoms with Crippen molar-refractivity contribution in [2.45, 2.75) is 19.9 Å². The highest BCUT2D eigenvalue weighted by Gasteiger charge is 2.22. The first kappa shape index (κ1) is 24.9. The summed E-state index contributed by atoms with van der Waals surface area (Å²) in [6, 6.07) is 40.3. The second-order valence-corrected chi connectivity index (χ2v) is 11.7. The van der Waals surface area contributed by atoms with E-state index in [1.807, 2.05) is 30.5 Å². The van der Waals surface area contributed by atoms with Gasteiger partial charge in [0.25, 0.3) is 0 Å². The van der Waals surface area contributed by atoms with Gasteiger partial charge in [0.15, 0.2) is 0 Å². The zero-order valence-corrected chi connectivity index (χ0v) is 24.4. The molecule has 0 saturated carbocycles. The molecule has 4 aromatic heterocycles. The standard InChI is InChI=1S/C39H28N4O/c1-23(2)43-33-18-10-13-25(38(33)42-39(43)29-15-9-14-27-26-11-3-5-17-32(26)41-37(27)29)24-21-30(31-16-7-8-20-40-31)36-28-12-4-6-19-34(28)44-35(36)22-24/h3-23,41H,1-2H3. The molecule has 0 amide bonds. The third-order valence-corrected chi connectivity index (χ3v) is 8.75. The normalized spacial score (nSPS) is 12.1. The van der Waals surface area contributed by atoms with E-state index in [2.05, 4.69) is 114 Å². The number of H-pyrrole nitrogens is 1. The van der Waals surface area contributed by atoms with Gasteiger partial charge >= 0.3 is 0 Å². The Hall–Kier alpha value is -5.68. The Labute approximate surface area is 253 Å². The van der Waals surface area contributed by atoms with Crippen LogP contribution in [0.2, 0.25) is 0 Å². The van der Waals surface area contributed by atoms with Crippen LogP contribution in [-0.4, -0.2) is 19.5 Å². The summed E-state index contributed by atoms with van der Waals surface area (Å²) in [6.07, 6.45) is 1.85. The van der Waals surface area contributed by atoms with Gasteiger partial charge in [-0.25, -0.2) is 4.98 Å². The number of imidazole rings is 1. The van der Waals surface area contributed by atoms with Gasteiger partial charge in [-0.3, -0.25) is 4.98 Å². The van der Waals surface area contributed by atoms with Gasteiger partial charge < -0.3 is 14.0 Å². The van der Waals surface area contributed by atoms with Crippen LogP contribution in [0.3, 0.4) is 0 Å². The number of aromatic nitrogens is 4. The SMILES string of the molecule is CC(C)n1c(-c2cccc3c2[nH]c2ccccc23)nc2c(-c3cc(-c4ccccn4)c4c(c3)oc3ccccc34)cccc21. The first-order valence-electron chi connectivity index (χ1n) is 15.0. The third kappa shape index (κ3) is 3.59. The maximum atomic E-state index is 6.44. The quantitative estimate of drug-likeness (QED) is 0.230. The third-order valence-electron chi connectivity index (χ3n) is 8.75. The number of aromatic amines is 1. The van der Waals surface area contributed by atoms with E-state index in [4.69, 9.17) is 14.4 Å². The van der Waals surface area contributed by atoms with E-state index in [0.29, 0.717) is 0 Å². The van der Waals surface area contributed by atoms with Crippen molar-refractivity contribution in [3.63, 3.8) is 0 Å². The molecule has 1 N–H and O–H groups in total. The highest BCUT2D eigenvalue weighted by molar-refractivity contribution is 6.14. The Morgan fingerprint density at radius 1 is 0.682 bits per heavy atom. The van der Waals surface area contributed by atoms with Gasteiger partial charge in [-0.15, -0.1) is 0 Å². The Morgan fingerprint density at radius 2 is 1.45 bits per heavy atom. The van der Waals surface area contributed by atoms with Crippen molar-refractivity contribution >= 4 is 54.8 Å². The Bertz CT molecular complexity index is 2530. The van der Waals surface area contributed by atoms with E-state index in [-0.39, 0.29) is 6.04 Å². The molecule has 0 aliphatic rings. The van der Waals surface area contributed by atoms with Crippen LogP contribution >= 0.6 is 0 Å². The molecule has 9 aromatic rings. The number of furan rings is 1. The molecule has 0 aliphatic carbocycles. The second kappa shape index (κ2) is 9.41. The zero-order chi connectivity index (χ0) is 29.4. The Balaban J connectivity index is 1.33. The molecule has 210 valence electrons. The van der Waals surface area contributed by atoms with Crippen LogP contribution < -0.4 is 0 Å². The Kier molecular flexibility index (Phi) is 5.32. The van der Waals surface area contributed by atoms with Crippen LogP contribution in [0.25, 0.3) is 88.5 Å². The van der Waals surface area contributed by atoms with E-state index in [9.17, 15) is 0 Å². The van der Waals surface area contributed by atoms with Crippen LogP contribution in [0.1, 0.15) is 19.9 Å². The number of nitrogens with zero attached hydrogens (tertiary/aromatic N) is 3. The van der Waals surface area contributed by atoms with Gasteiger partial charge in [0.2, 0.25) is 0 Å². The summed E-state index contributed by atoms with van der Waals surface area (Å²) in [4.78, 5) is 13.9. The smallest absolute Gasteiger partial charge is 0.143 e. The number of hydrogen-bond donors (Lipinski definition) is 1. The average Bonchev–Trinajstić information content (AvgIpc) is 3.76. The lowest BCUT2D eigenvalue weighted by Crippen LogP contribution is -2.03. The summed E-state index contributed by atoms with van der Waals surface area (Å²) in [6.45, 7) is 4.45. The van der Waals surface area contributed by atoms with E-state index in [1.165, 1.54) is 10.8 Å². The van der Waals surface area contributed by atoms with Crippen LogP contribution in [0, 0.1) is 0 Å². The molecular formula is C39H28N4O. The average molecular weight is 569 g/mol. The minimum atomic E-state index is 0.201. The molecule has 5 nitrogen and oxygen atoms in total. The van der Waals surface area contributed by atoms with Crippen molar-refractivity contribution < 1.29 is 4.42 Å². The van der Waals surface area contributed by atoms with Gasteiger partial charge in [-0.2, -0.15) is 0 Å². The van der Waals surface area contributed by atoms with Crippen molar-refractivity contribution in [3.8, 4) is 33.8 Å². The highest BCUT2D eigenvalue weighted by atomic mass is 16.3.